The van der Waals surface area contributed by atoms with E-state index in [1.54, 1.807) is 4.89 Å². The molecule has 0 radical (unpaired) electrons. The molecule has 0 saturated heterocycles. The molecule has 0 fully saturated rings. The third-order valence-corrected chi connectivity index (χ3v) is 2.04. The largest absolute Gasteiger partial charge is 0.354 e. The molecule has 0 aliphatic carbocycles. The molecule has 1 aromatic rings. The van der Waals surface area contributed by atoms with Gasteiger partial charge in [0.05, 0.1) is 0 Å². The van der Waals surface area contributed by atoms with Crippen LogP contribution in [0.5, 0.6) is 0 Å². The number of hydrogen-bond donors (Lipinski definition) is 3. The van der Waals surface area contributed by atoms with Crippen LogP contribution in [-0.2, 0) is 27.3 Å². The Balaban J connectivity index is 2.43. The van der Waals surface area contributed by atoms with Crippen LogP contribution in [0.25, 0.3) is 0 Å². The molecule has 4 N–H and O–H groups in total. The smallest absolute Gasteiger partial charge is 0.343 e. The van der Waals surface area contributed by atoms with Crippen molar-refractivity contribution in [3.8, 4) is 0 Å². The van der Waals surface area contributed by atoms with Crippen molar-refractivity contribution in [2.24, 2.45) is 5.73 Å². The maximum Gasteiger partial charge on any atom is 0.343 e. The van der Waals surface area contributed by atoms with E-state index in [2.05, 4.69) is 4.84 Å². The van der Waals surface area contributed by atoms with E-state index in [0.717, 1.165) is 5.56 Å². The van der Waals surface area contributed by atoms with E-state index in [9.17, 15) is 9.00 Å². The summed E-state index contributed by atoms with van der Waals surface area (Å²) in [6.45, 7) is 0. The molecule has 1 unspecified atom stereocenters. The van der Waals surface area contributed by atoms with Crippen LogP contribution in [0.3, 0.4) is 0 Å². The van der Waals surface area contributed by atoms with Crippen LogP contribution in [-0.4, -0.2) is 20.8 Å². The van der Waals surface area contributed by atoms with Crippen molar-refractivity contribution in [1.29, 1.82) is 0 Å². The van der Waals surface area contributed by atoms with Crippen molar-refractivity contribution in [3.05, 3.63) is 35.9 Å². The number of benzene rings is 1. The van der Waals surface area contributed by atoms with Gasteiger partial charge in [-0.1, -0.05) is 30.3 Å². The number of rotatable bonds is 5. The Morgan fingerprint density at radius 3 is 2.69 bits per heavy atom. The van der Waals surface area contributed by atoms with Crippen LogP contribution in [0.15, 0.2) is 30.3 Å². The molecule has 0 aliphatic heterocycles. The molecule has 0 bridgehead atoms. The van der Waals surface area contributed by atoms with Crippen LogP contribution >= 0.6 is 0 Å². The molecule has 1 rings (SSSR count). The number of nitrogens with two attached hydrogens (primary N) is 1. The van der Waals surface area contributed by atoms with E-state index in [0.29, 0.717) is 6.42 Å². The maximum absolute atomic E-state index is 11.2. The van der Waals surface area contributed by atoms with Crippen molar-refractivity contribution in [2.45, 2.75) is 12.5 Å². The molecule has 6 nitrogen and oxygen atoms in total. The Morgan fingerprint density at radius 1 is 1.50 bits per heavy atom. The quantitative estimate of drug-likeness (QED) is 0.489. The summed E-state index contributed by atoms with van der Waals surface area (Å²) in [7, 11) is 0. The first-order chi connectivity index (χ1) is 7.59. The molecule has 0 aliphatic rings. The van der Waals surface area contributed by atoms with E-state index < -0.39 is 23.3 Å². The van der Waals surface area contributed by atoms with Gasteiger partial charge in [-0.3, -0.25) is 4.55 Å². The average Bonchev–Trinajstić information content (AvgIpc) is 2.27. The summed E-state index contributed by atoms with van der Waals surface area (Å²) in [6.07, 6.45) is 0.305. The van der Waals surface area contributed by atoms with Crippen LogP contribution in [0, 0.1) is 0 Å². The van der Waals surface area contributed by atoms with E-state index in [1.165, 1.54) is 0 Å². The highest BCUT2D eigenvalue weighted by molar-refractivity contribution is 7.76. The second-order valence-electron chi connectivity index (χ2n) is 3.05. The van der Waals surface area contributed by atoms with Gasteiger partial charge in [0.25, 0.3) is 11.3 Å². The summed E-state index contributed by atoms with van der Waals surface area (Å²) in [5.41, 5.74) is 6.43. The van der Waals surface area contributed by atoms with Crippen LogP contribution in [0.1, 0.15) is 5.56 Å². The van der Waals surface area contributed by atoms with Gasteiger partial charge in [-0.05, 0) is 16.9 Å². The Morgan fingerprint density at radius 2 is 2.12 bits per heavy atom. The molecule has 0 saturated carbocycles. The summed E-state index contributed by atoms with van der Waals surface area (Å²) in [5.74, 6) is -0.786. The minimum absolute atomic E-state index is 0.305. The molecule has 88 valence electrons. The van der Waals surface area contributed by atoms with Gasteiger partial charge < -0.3 is 10.6 Å². The highest BCUT2D eigenvalue weighted by Crippen LogP contribution is 2.02. The lowest BCUT2D eigenvalue weighted by atomic mass is 10.1. The molecule has 16 heavy (non-hydrogen) atoms. The average molecular weight is 244 g/mol. The standard InChI is InChI=1S/C9H12N2O4S/c10-8(9(12)15-11-16(13)14)6-7-4-2-1-3-5-7/h1-5,8,11H,6,10H2,(H,13,14)/t8-/m0/s1. The molecule has 7 heteroatoms. The predicted octanol–water partition coefficient (Wildman–Crippen LogP) is -0.259. The fraction of sp³-hybridized carbons (Fsp3) is 0.222. The number of hydrogen-bond acceptors (Lipinski definition) is 4. The van der Waals surface area contributed by atoms with Gasteiger partial charge in [0.15, 0.2) is 0 Å². The molecular weight excluding hydrogens is 232 g/mol. The Kier molecular flexibility index (Phi) is 5.06. The van der Waals surface area contributed by atoms with Gasteiger partial charge in [0.2, 0.25) is 0 Å². The van der Waals surface area contributed by atoms with Crippen molar-refractivity contribution < 1.29 is 18.4 Å². The normalized spacial score (nSPS) is 14.1. The van der Waals surface area contributed by atoms with Gasteiger partial charge in [-0.2, -0.15) is 0 Å². The van der Waals surface area contributed by atoms with Crippen molar-refractivity contribution in [2.75, 3.05) is 0 Å². The van der Waals surface area contributed by atoms with Crippen LogP contribution in [0.2, 0.25) is 0 Å². The highest BCUT2D eigenvalue weighted by Gasteiger charge is 2.16. The monoisotopic (exact) mass is 244 g/mol. The van der Waals surface area contributed by atoms with Gasteiger partial charge in [0.1, 0.15) is 6.04 Å². The van der Waals surface area contributed by atoms with Gasteiger partial charge >= 0.3 is 5.97 Å². The summed E-state index contributed by atoms with van der Waals surface area (Å²) >= 11 is -2.40. The zero-order chi connectivity index (χ0) is 12.0. The first-order valence-electron chi connectivity index (χ1n) is 4.46. The van der Waals surface area contributed by atoms with Gasteiger partial charge in [-0.25, -0.2) is 9.00 Å². The molecule has 0 amide bonds. The van der Waals surface area contributed by atoms with Gasteiger partial charge in [-0.15, -0.1) is 0 Å². The molecular formula is C9H12N2O4S. The topological polar surface area (TPSA) is 102 Å². The summed E-state index contributed by atoms with van der Waals surface area (Å²) in [4.78, 5) is 17.1. The third-order valence-electron chi connectivity index (χ3n) is 1.81. The minimum Gasteiger partial charge on any atom is -0.354 e. The first kappa shape index (κ1) is 12.8. The van der Waals surface area contributed by atoms with Crippen LogP contribution in [0.4, 0.5) is 0 Å². The molecule has 0 spiro atoms. The van der Waals surface area contributed by atoms with E-state index >= 15 is 0 Å². The second kappa shape index (κ2) is 6.33. The molecule has 0 aromatic heterocycles. The highest BCUT2D eigenvalue weighted by atomic mass is 32.2. The Hall–Kier alpha value is -1.28. The number of carbonyl (C=O) groups excluding carboxylic acids is 1. The first-order valence-corrected chi connectivity index (χ1v) is 5.57. The van der Waals surface area contributed by atoms with Crippen molar-refractivity contribution in [1.82, 2.24) is 4.89 Å². The number of carbonyl (C=O) groups is 1. The zero-order valence-corrected chi connectivity index (χ0v) is 9.15. The fourth-order valence-electron chi connectivity index (χ4n) is 1.10. The van der Waals surface area contributed by atoms with Crippen LogP contribution < -0.4 is 10.6 Å². The lowest BCUT2D eigenvalue weighted by Crippen LogP contribution is -2.37. The van der Waals surface area contributed by atoms with E-state index in [4.69, 9.17) is 10.3 Å². The SMILES string of the molecule is N[C@@H](Cc1ccccc1)C(=O)ONS(=O)O. The molecule has 0 heterocycles. The minimum atomic E-state index is -2.40. The van der Waals surface area contributed by atoms with Crippen molar-refractivity contribution >= 4 is 17.2 Å². The Labute approximate surface area is 95.2 Å². The maximum atomic E-state index is 11.2. The fourth-order valence-corrected chi connectivity index (χ4v) is 1.26. The summed E-state index contributed by atoms with van der Waals surface area (Å²) < 4.78 is 18.5. The predicted molar refractivity (Wildman–Crippen MR) is 58.1 cm³/mol. The Bertz CT molecular complexity index is 371. The summed E-state index contributed by atoms with van der Waals surface area (Å²) in [6, 6.07) is 8.28. The van der Waals surface area contributed by atoms with E-state index in [-0.39, 0.29) is 0 Å². The zero-order valence-electron chi connectivity index (χ0n) is 8.33. The van der Waals surface area contributed by atoms with E-state index in [1.807, 2.05) is 30.3 Å². The van der Waals surface area contributed by atoms with Gasteiger partial charge in [0, 0.05) is 0 Å². The second-order valence-corrected chi connectivity index (χ2v) is 3.71. The number of nitrogens with one attached hydrogen (secondary N) is 1. The molecule has 1 aromatic carbocycles. The lowest BCUT2D eigenvalue weighted by molar-refractivity contribution is -0.148. The summed E-state index contributed by atoms with van der Waals surface area (Å²) in [5, 5.41) is 0. The third kappa shape index (κ3) is 4.49. The molecule has 2 atom stereocenters. The lowest BCUT2D eigenvalue weighted by Gasteiger charge is -2.09. The van der Waals surface area contributed by atoms with Crippen molar-refractivity contribution in [3.63, 3.8) is 0 Å².